The number of rotatable bonds is 2. The maximum absolute atomic E-state index is 6.50. The lowest BCUT2D eigenvalue weighted by molar-refractivity contribution is 1.24. The number of fused-ring (bicyclic) bond motifs is 3. The monoisotopic (exact) mass is 372 g/mol. The standard InChI is InChI=1S/C22H13ClN2S/c23-21-20-19(17-11-4-5-12-18(17)26-20)24-22(25-21)16-10-6-9-15(13-16)14-7-2-1-3-8-14/h1-13H. The van der Waals surface area contributed by atoms with Crippen molar-refractivity contribution in [3.05, 3.63) is 84.0 Å². The molecule has 2 heterocycles. The van der Waals surface area contributed by atoms with E-state index in [4.69, 9.17) is 16.6 Å². The molecular formula is C22H13ClN2S. The molecule has 0 aliphatic heterocycles. The molecule has 0 saturated heterocycles. The Kier molecular flexibility index (Phi) is 3.70. The van der Waals surface area contributed by atoms with Crippen LogP contribution >= 0.6 is 22.9 Å². The first-order chi connectivity index (χ1) is 12.8. The minimum Gasteiger partial charge on any atom is -0.226 e. The normalized spacial score (nSPS) is 11.3. The van der Waals surface area contributed by atoms with Gasteiger partial charge in [0.2, 0.25) is 0 Å². The zero-order chi connectivity index (χ0) is 17.5. The highest BCUT2D eigenvalue weighted by atomic mass is 35.5. The van der Waals surface area contributed by atoms with Crippen molar-refractivity contribution in [2.24, 2.45) is 0 Å². The molecule has 0 fully saturated rings. The van der Waals surface area contributed by atoms with Crippen molar-refractivity contribution in [1.29, 1.82) is 0 Å². The molecule has 5 aromatic rings. The Bertz CT molecular complexity index is 1250. The largest absolute Gasteiger partial charge is 0.226 e. The molecule has 2 aromatic heterocycles. The van der Waals surface area contributed by atoms with Crippen molar-refractivity contribution < 1.29 is 0 Å². The molecule has 0 amide bonds. The third kappa shape index (κ3) is 2.57. The number of halogens is 1. The van der Waals surface area contributed by atoms with E-state index >= 15 is 0 Å². The summed E-state index contributed by atoms with van der Waals surface area (Å²) in [7, 11) is 0. The van der Waals surface area contributed by atoms with Crippen LogP contribution in [0.3, 0.4) is 0 Å². The van der Waals surface area contributed by atoms with Crippen LogP contribution < -0.4 is 0 Å². The third-order valence-electron chi connectivity index (χ3n) is 4.41. The Morgan fingerprint density at radius 2 is 1.42 bits per heavy atom. The summed E-state index contributed by atoms with van der Waals surface area (Å²) in [5, 5.41) is 1.63. The Balaban J connectivity index is 1.71. The van der Waals surface area contributed by atoms with Gasteiger partial charge < -0.3 is 0 Å². The van der Waals surface area contributed by atoms with Gasteiger partial charge in [-0.05, 0) is 23.3 Å². The Hall–Kier alpha value is -2.75. The fraction of sp³-hybridized carbons (Fsp3) is 0. The second kappa shape index (κ2) is 6.20. The average Bonchev–Trinajstić information content (AvgIpc) is 3.08. The fourth-order valence-electron chi connectivity index (χ4n) is 3.15. The smallest absolute Gasteiger partial charge is 0.161 e. The van der Waals surface area contributed by atoms with Crippen molar-refractivity contribution in [3.63, 3.8) is 0 Å². The summed E-state index contributed by atoms with van der Waals surface area (Å²) in [5.74, 6) is 0.656. The molecule has 0 saturated carbocycles. The van der Waals surface area contributed by atoms with Gasteiger partial charge in [-0.15, -0.1) is 11.3 Å². The number of thiophene rings is 1. The molecule has 0 aliphatic rings. The van der Waals surface area contributed by atoms with E-state index in [2.05, 4.69) is 41.4 Å². The Labute approximate surface area is 159 Å². The van der Waals surface area contributed by atoms with E-state index in [9.17, 15) is 0 Å². The minimum absolute atomic E-state index is 0.510. The highest BCUT2D eigenvalue weighted by molar-refractivity contribution is 7.26. The first-order valence-corrected chi connectivity index (χ1v) is 9.50. The second-order valence-corrected chi connectivity index (χ2v) is 7.47. The maximum Gasteiger partial charge on any atom is 0.161 e. The van der Waals surface area contributed by atoms with Crippen molar-refractivity contribution in [2.75, 3.05) is 0 Å². The summed E-state index contributed by atoms with van der Waals surface area (Å²) in [6.45, 7) is 0. The number of hydrogen-bond donors (Lipinski definition) is 0. The summed E-state index contributed by atoms with van der Waals surface area (Å²) < 4.78 is 2.12. The van der Waals surface area contributed by atoms with Gasteiger partial charge in [0.05, 0.1) is 10.2 Å². The average molecular weight is 373 g/mol. The van der Waals surface area contributed by atoms with Gasteiger partial charge in [-0.3, -0.25) is 0 Å². The van der Waals surface area contributed by atoms with Crippen LogP contribution in [0.15, 0.2) is 78.9 Å². The topological polar surface area (TPSA) is 25.8 Å². The molecule has 0 radical (unpaired) electrons. The second-order valence-electron chi connectivity index (χ2n) is 6.06. The van der Waals surface area contributed by atoms with Crippen molar-refractivity contribution >= 4 is 43.2 Å². The van der Waals surface area contributed by atoms with Crippen molar-refractivity contribution in [1.82, 2.24) is 9.97 Å². The predicted molar refractivity (Wildman–Crippen MR) is 111 cm³/mol. The number of hydrogen-bond acceptors (Lipinski definition) is 3. The molecule has 5 rings (SSSR count). The number of aromatic nitrogens is 2. The van der Waals surface area contributed by atoms with Crippen LogP contribution in [0.2, 0.25) is 5.15 Å². The van der Waals surface area contributed by atoms with Gasteiger partial charge in [0.1, 0.15) is 0 Å². The summed E-state index contributed by atoms with van der Waals surface area (Å²) in [6.07, 6.45) is 0. The van der Waals surface area contributed by atoms with Crippen LogP contribution in [-0.4, -0.2) is 9.97 Å². The van der Waals surface area contributed by atoms with E-state index in [0.717, 1.165) is 26.7 Å². The van der Waals surface area contributed by atoms with Crippen LogP contribution in [0, 0.1) is 0 Å². The van der Waals surface area contributed by atoms with E-state index in [1.165, 1.54) is 10.3 Å². The van der Waals surface area contributed by atoms with Gasteiger partial charge in [-0.2, -0.15) is 0 Å². The molecule has 0 aliphatic carbocycles. The third-order valence-corrected chi connectivity index (χ3v) is 5.96. The predicted octanol–water partition coefficient (Wildman–Crippen LogP) is 6.83. The van der Waals surface area contributed by atoms with Gasteiger partial charge in [0.25, 0.3) is 0 Å². The number of nitrogens with zero attached hydrogens (tertiary/aromatic N) is 2. The van der Waals surface area contributed by atoms with Crippen LogP contribution in [0.5, 0.6) is 0 Å². The van der Waals surface area contributed by atoms with Crippen LogP contribution in [-0.2, 0) is 0 Å². The summed E-state index contributed by atoms with van der Waals surface area (Å²) in [5.41, 5.74) is 4.19. The van der Waals surface area contributed by atoms with Crippen LogP contribution in [0.1, 0.15) is 0 Å². The van der Waals surface area contributed by atoms with Gasteiger partial charge in [0, 0.05) is 15.6 Å². The Morgan fingerprint density at radius 3 is 2.31 bits per heavy atom. The lowest BCUT2D eigenvalue weighted by Crippen LogP contribution is -1.90. The van der Waals surface area contributed by atoms with Gasteiger partial charge in [0.15, 0.2) is 11.0 Å². The SMILES string of the molecule is Clc1nc(-c2cccc(-c3ccccc3)c2)nc2c1sc1ccccc12. The first-order valence-electron chi connectivity index (χ1n) is 8.30. The zero-order valence-corrected chi connectivity index (χ0v) is 15.3. The first kappa shape index (κ1) is 15.5. The molecule has 0 N–H and O–H groups in total. The Morgan fingerprint density at radius 1 is 0.692 bits per heavy atom. The molecule has 2 nitrogen and oxygen atoms in total. The lowest BCUT2D eigenvalue weighted by atomic mass is 10.0. The van der Waals surface area contributed by atoms with E-state index in [-0.39, 0.29) is 0 Å². The molecule has 0 atom stereocenters. The molecule has 4 heteroatoms. The minimum atomic E-state index is 0.510. The van der Waals surface area contributed by atoms with Crippen LogP contribution in [0.4, 0.5) is 0 Å². The van der Waals surface area contributed by atoms with E-state index in [1.54, 1.807) is 11.3 Å². The van der Waals surface area contributed by atoms with Gasteiger partial charge >= 0.3 is 0 Å². The quantitative estimate of drug-likeness (QED) is 0.317. The molecule has 124 valence electrons. The van der Waals surface area contributed by atoms with Crippen LogP contribution in [0.25, 0.3) is 42.8 Å². The summed E-state index contributed by atoms with van der Waals surface area (Å²) in [6, 6.07) is 26.8. The maximum atomic E-state index is 6.50. The lowest BCUT2D eigenvalue weighted by Gasteiger charge is -2.06. The van der Waals surface area contributed by atoms with Gasteiger partial charge in [-0.1, -0.05) is 78.3 Å². The summed E-state index contributed by atoms with van der Waals surface area (Å²) >= 11 is 8.13. The molecule has 0 bridgehead atoms. The van der Waals surface area contributed by atoms with Crippen molar-refractivity contribution in [2.45, 2.75) is 0 Å². The molecule has 0 spiro atoms. The summed E-state index contributed by atoms with van der Waals surface area (Å²) in [4.78, 5) is 9.41. The van der Waals surface area contributed by atoms with Crippen molar-refractivity contribution in [3.8, 4) is 22.5 Å². The fourth-order valence-corrected chi connectivity index (χ4v) is 4.46. The molecule has 0 unspecified atom stereocenters. The van der Waals surface area contributed by atoms with Gasteiger partial charge in [-0.25, -0.2) is 9.97 Å². The van der Waals surface area contributed by atoms with E-state index in [1.807, 2.05) is 42.5 Å². The van der Waals surface area contributed by atoms with E-state index in [0.29, 0.717) is 11.0 Å². The molecule has 3 aromatic carbocycles. The number of benzene rings is 3. The molecule has 26 heavy (non-hydrogen) atoms. The highest BCUT2D eigenvalue weighted by Crippen LogP contribution is 2.37. The van der Waals surface area contributed by atoms with E-state index < -0.39 is 0 Å². The molecular weight excluding hydrogens is 360 g/mol. The zero-order valence-electron chi connectivity index (χ0n) is 13.7. The highest BCUT2D eigenvalue weighted by Gasteiger charge is 2.14.